The van der Waals surface area contributed by atoms with E-state index in [-0.39, 0.29) is 30.8 Å². The summed E-state index contributed by atoms with van der Waals surface area (Å²) >= 11 is 0. The molecule has 1 aromatic rings. The molecule has 3 aliphatic heterocycles. The number of ketones is 2. The number of esters is 2. The highest BCUT2D eigenvalue weighted by Gasteiger charge is 2.61. The van der Waals surface area contributed by atoms with Crippen LogP contribution >= 0.6 is 0 Å². The summed E-state index contributed by atoms with van der Waals surface area (Å²) in [5.74, 6) is 0.414. The van der Waals surface area contributed by atoms with Gasteiger partial charge in [-0.25, -0.2) is 20.4 Å². The average molecular weight is 746 g/mol. The smallest absolute Gasteiger partial charge is 0.425 e. The first-order valence-electron chi connectivity index (χ1n) is 18.7. The second-order valence-electron chi connectivity index (χ2n) is 15.6. The van der Waals surface area contributed by atoms with Crippen molar-refractivity contribution in [3.05, 3.63) is 35.9 Å². The molecule has 3 saturated heterocycles. The molecule has 0 saturated carbocycles. The fourth-order valence-electron chi connectivity index (χ4n) is 8.48. The predicted octanol–water partition coefficient (Wildman–Crippen LogP) is 4.32. The van der Waals surface area contributed by atoms with E-state index in [0.29, 0.717) is 18.4 Å². The molecular weight excluding hydrogens is 686 g/mol. The van der Waals surface area contributed by atoms with Crippen molar-refractivity contribution in [1.82, 2.24) is 9.91 Å². The molecule has 0 aromatic heterocycles. The minimum atomic E-state index is -1.48. The number of carbonyl (C=O) groups excluding carboxylic acids is 5. The normalized spacial score (nSPS) is 38.9. The van der Waals surface area contributed by atoms with Crippen LogP contribution in [0.15, 0.2) is 30.3 Å². The number of cyclic esters (lactones) is 1. The van der Waals surface area contributed by atoms with E-state index in [9.17, 15) is 24.0 Å². The lowest BCUT2D eigenvalue weighted by Gasteiger charge is -2.47. The first-order valence-corrected chi connectivity index (χ1v) is 18.7. The van der Waals surface area contributed by atoms with Crippen molar-refractivity contribution in [3.63, 3.8) is 0 Å². The fourth-order valence-corrected chi connectivity index (χ4v) is 8.48. The minimum Gasteiger partial charge on any atom is -0.458 e. The number of nitrogens with two attached hydrogens (primary N) is 1. The van der Waals surface area contributed by atoms with Gasteiger partial charge in [-0.2, -0.15) is 0 Å². The quantitative estimate of drug-likeness (QED) is 0.131. The molecule has 0 radical (unpaired) electrons. The Morgan fingerprint density at radius 3 is 2.21 bits per heavy atom. The Kier molecular flexibility index (Phi) is 13.5. The maximum atomic E-state index is 14.5. The molecule has 53 heavy (non-hydrogen) atoms. The Morgan fingerprint density at radius 2 is 1.64 bits per heavy atom. The van der Waals surface area contributed by atoms with Crippen molar-refractivity contribution < 1.29 is 52.4 Å². The Bertz CT molecular complexity index is 1490. The number of carbonyl (C=O) groups is 5. The van der Waals surface area contributed by atoms with Gasteiger partial charge in [0, 0.05) is 24.9 Å². The zero-order chi connectivity index (χ0) is 39.6. The van der Waals surface area contributed by atoms with Gasteiger partial charge in [0.2, 0.25) is 0 Å². The van der Waals surface area contributed by atoms with Crippen LogP contribution in [0.4, 0.5) is 4.79 Å². The van der Waals surface area contributed by atoms with E-state index >= 15 is 0 Å². The highest BCUT2D eigenvalue weighted by molar-refractivity contribution is 6.00. The minimum absolute atomic E-state index is 0.0772. The molecule has 14 nitrogen and oxygen atoms in total. The van der Waals surface area contributed by atoms with E-state index in [0.717, 1.165) is 5.01 Å². The van der Waals surface area contributed by atoms with Crippen LogP contribution in [0, 0.1) is 23.7 Å². The molecule has 3 heterocycles. The SMILES string of the molecule is CCC1C(=O)[C@H](C)C[C@](C)(OC)[C@H](O[C@@H]2O[C@H](C)C[C@H](N(C)C)[C@H]2OC(=O)c2ccccc2)[C@@H](C)C(=O)[C@@H](C)C(=O)O[C@H](CC)[C@@]2(C)OC(=O)N(N)C12. The van der Waals surface area contributed by atoms with E-state index in [1.54, 1.807) is 65.0 Å². The number of amides is 1. The number of rotatable bonds is 8. The van der Waals surface area contributed by atoms with Gasteiger partial charge in [0.15, 0.2) is 23.8 Å². The standard InChI is InChI=1S/C39H59N3O11/c1-12-26-29(43)21(3)20-38(7,48-11)33(23(5)30(44)24(6)34(45)50-28(13-2)39(8)32(26)42(40)37(47)53-39)52-36-31(27(41(9)10)19-22(4)49-36)51-35(46)25-17-15-14-16-18-25/h14-18,21-24,26-28,31-33,36H,12-13,19-20,40H2,1-11H3/t21-,22-,23+,24-,26?,27+,28-,31-,32?,33-,36+,38+,39-/m1/s1. The van der Waals surface area contributed by atoms with Crippen molar-refractivity contribution in [2.45, 2.75) is 135 Å². The summed E-state index contributed by atoms with van der Waals surface area (Å²) in [5, 5.41) is 0.916. The van der Waals surface area contributed by atoms with Gasteiger partial charge in [-0.15, -0.1) is 0 Å². The average Bonchev–Trinajstić information content (AvgIpc) is 3.36. The van der Waals surface area contributed by atoms with E-state index in [2.05, 4.69) is 0 Å². The lowest BCUT2D eigenvalue weighted by atomic mass is 9.72. The van der Waals surface area contributed by atoms with Gasteiger partial charge < -0.3 is 33.3 Å². The van der Waals surface area contributed by atoms with Gasteiger partial charge in [0.1, 0.15) is 23.8 Å². The van der Waals surface area contributed by atoms with Gasteiger partial charge in [-0.1, -0.05) is 45.9 Å². The summed E-state index contributed by atoms with van der Waals surface area (Å²) in [6.45, 7) is 13.7. The molecule has 0 spiro atoms. The van der Waals surface area contributed by atoms with Gasteiger partial charge in [0.05, 0.1) is 29.4 Å². The number of hydrazine groups is 1. The number of nitrogens with zero attached hydrogens (tertiary/aromatic N) is 2. The predicted molar refractivity (Wildman–Crippen MR) is 193 cm³/mol. The van der Waals surface area contributed by atoms with Crippen LogP contribution in [-0.4, -0.2) is 115 Å². The fraction of sp³-hybridized carbons (Fsp3) is 0.718. The van der Waals surface area contributed by atoms with Crippen molar-refractivity contribution in [1.29, 1.82) is 0 Å². The second kappa shape index (κ2) is 16.9. The van der Waals surface area contributed by atoms with Crippen LogP contribution in [0.25, 0.3) is 0 Å². The lowest BCUT2D eigenvalue weighted by molar-refractivity contribution is -0.294. The van der Waals surface area contributed by atoms with E-state index in [1.807, 2.05) is 32.8 Å². The van der Waals surface area contributed by atoms with Crippen molar-refractivity contribution in [3.8, 4) is 0 Å². The zero-order valence-electron chi connectivity index (χ0n) is 33.0. The van der Waals surface area contributed by atoms with Crippen molar-refractivity contribution in [2.75, 3.05) is 21.2 Å². The third kappa shape index (κ3) is 8.46. The molecule has 13 atom stereocenters. The highest BCUT2D eigenvalue weighted by Crippen LogP contribution is 2.43. The summed E-state index contributed by atoms with van der Waals surface area (Å²) in [5.41, 5.74) is -2.46. The molecule has 3 aliphatic rings. The maximum absolute atomic E-state index is 14.5. The van der Waals surface area contributed by atoms with Crippen LogP contribution in [0.1, 0.15) is 91.4 Å². The van der Waals surface area contributed by atoms with E-state index in [1.165, 1.54) is 14.0 Å². The Balaban J connectivity index is 1.81. The summed E-state index contributed by atoms with van der Waals surface area (Å²) in [6, 6.07) is 7.29. The number of hydrogen-bond donors (Lipinski definition) is 1. The third-order valence-corrected chi connectivity index (χ3v) is 11.6. The Labute approximate surface area is 313 Å². The first kappa shape index (κ1) is 42.3. The van der Waals surface area contributed by atoms with E-state index in [4.69, 9.17) is 34.3 Å². The van der Waals surface area contributed by atoms with Gasteiger partial charge in [0.25, 0.3) is 0 Å². The van der Waals surface area contributed by atoms with Crippen LogP contribution < -0.4 is 5.84 Å². The molecule has 0 aliphatic carbocycles. The summed E-state index contributed by atoms with van der Waals surface area (Å²) < 4.78 is 37.3. The number of methoxy groups -OCH3 is 1. The highest BCUT2D eigenvalue weighted by atomic mass is 16.7. The second-order valence-corrected chi connectivity index (χ2v) is 15.6. The van der Waals surface area contributed by atoms with Crippen LogP contribution in [-0.2, 0) is 42.8 Å². The van der Waals surface area contributed by atoms with Gasteiger partial charge in [-0.05, 0) is 79.6 Å². The Hall–Kier alpha value is -3.43. The van der Waals surface area contributed by atoms with Crippen molar-refractivity contribution in [2.24, 2.45) is 29.5 Å². The van der Waals surface area contributed by atoms with Crippen LogP contribution in [0.2, 0.25) is 0 Å². The molecule has 1 amide bonds. The molecule has 2 N–H and O–H groups in total. The Morgan fingerprint density at radius 1 is 1.00 bits per heavy atom. The topological polar surface area (TPSA) is 173 Å². The molecule has 3 fully saturated rings. The molecule has 0 bridgehead atoms. The summed E-state index contributed by atoms with van der Waals surface area (Å²) in [6.07, 6.45) is -4.27. The molecule has 4 rings (SSSR count). The molecule has 2 unspecified atom stereocenters. The third-order valence-electron chi connectivity index (χ3n) is 11.6. The zero-order valence-corrected chi connectivity index (χ0v) is 33.0. The number of hydrogen-bond acceptors (Lipinski definition) is 13. The number of benzene rings is 1. The molecule has 14 heteroatoms. The van der Waals surface area contributed by atoms with E-state index < -0.39 is 89.3 Å². The molecule has 1 aromatic carbocycles. The van der Waals surface area contributed by atoms with Crippen molar-refractivity contribution >= 4 is 29.6 Å². The largest absolute Gasteiger partial charge is 0.458 e. The maximum Gasteiger partial charge on any atom is 0.425 e. The number of Topliss-reactive ketones (excluding diaryl/α,β-unsaturated/α-hetero) is 2. The van der Waals surface area contributed by atoms with Gasteiger partial charge >= 0.3 is 18.0 Å². The first-order chi connectivity index (χ1) is 24.8. The van der Waals surface area contributed by atoms with Gasteiger partial charge in [-0.3, -0.25) is 14.4 Å². The summed E-state index contributed by atoms with van der Waals surface area (Å²) in [7, 11) is 5.22. The molecular formula is C39H59N3O11. The summed E-state index contributed by atoms with van der Waals surface area (Å²) in [4.78, 5) is 71.1. The lowest BCUT2D eigenvalue weighted by Crippen LogP contribution is -2.61. The number of likely N-dealkylation sites (N-methyl/N-ethyl adjacent to an activating group) is 1. The number of fused-ring (bicyclic) bond motifs is 1. The van der Waals surface area contributed by atoms with Crippen LogP contribution in [0.3, 0.4) is 0 Å². The molecule has 296 valence electrons. The van der Waals surface area contributed by atoms with Crippen LogP contribution in [0.5, 0.6) is 0 Å². The monoisotopic (exact) mass is 745 g/mol. The number of ether oxygens (including phenoxy) is 6.